The first kappa shape index (κ1) is 16.3. The lowest BCUT2D eigenvalue weighted by Gasteiger charge is -2.10. The van der Waals surface area contributed by atoms with Crippen LogP contribution in [0.5, 0.6) is 0 Å². The van der Waals surface area contributed by atoms with Gasteiger partial charge in [-0.25, -0.2) is 14.0 Å². The molecular formula is C16H15FN2O4. The fraction of sp³-hybridized carbons (Fsp3) is 0.125. The zero-order valence-corrected chi connectivity index (χ0v) is 12.1. The van der Waals surface area contributed by atoms with E-state index in [4.69, 9.17) is 9.84 Å². The smallest absolute Gasteiger partial charge is 0.412 e. The first-order valence-corrected chi connectivity index (χ1v) is 6.77. The summed E-state index contributed by atoms with van der Waals surface area (Å²) in [4.78, 5) is 22.2. The first-order valence-electron chi connectivity index (χ1n) is 6.77. The van der Waals surface area contributed by atoms with Crippen molar-refractivity contribution < 1.29 is 23.8 Å². The van der Waals surface area contributed by atoms with Gasteiger partial charge >= 0.3 is 12.2 Å². The molecule has 7 heteroatoms. The molecule has 0 heterocycles. The molecule has 2 amide bonds. The summed E-state index contributed by atoms with van der Waals surface area (Å²) in [6.45, 7) is 0.0674. The van der Waals surface area contributed by atoms with Gasteiger partial charge in [0.1, 0.15) is 12.4 Å². The van der Waals surface area contributed by atoms with Crippen molar-refractivity contribution in [2.75, 3.05) is 5.32 Å². The number of anilines is 1. The SMILES string of the molecule is O=C(O)NCc1ccc(F)c(NC(=O)OCc2ccccc2)c1. The van der Waals surface area contributed by atoms with Crippen molar-refractivity contribution in [1.82, 2.24) is 5.32 Å². The number of carbonyl (C=O) groups excluding carboxylic acids is 1. The number of halogens is 1. The van der Waals surface area contributed by atoms with Crippen molar-refractivity contribution in [2.45, 2.75) is 13.2 Å². The number of rotatable bonds is 5. The minimum atomic E-state index is -1.19. The monoisotopic (exact) mass is 318 g/mol. The van der Waals surface area contributed by atoms with Gasteiger partial charge < -0.3 is 15.2 Å². The molecule has 2 aromatic carbocycles. The minimum Gasteiger partial charge on any atom is -0.465 e. The summed E-state index contributed by atoms with van der Waals surface area (Å²) in [5.74, 6) is -0.638. The molecule has 2 aromatic rings. The Morgan fingerprint density at radius 1 is 1.09 bits per heavy atom. The van der Waals surface area contributed by atoms with Gasteiger partial charge in [0, 0.05) is 6.54 Å². The Balaban J connectivity index is 1.94. The van der Waals surface area contributed by atoms with Crippen LogP contribution in [-0.2, 0) is 17.9 Å². The van der Waals surface area contributed by atoms with Crippen molar-refractivity contribution in [1.29, 1.82) is 0 Å². The van der Waals surface area contributed by atoms with E-state index in [9.17, 15) is 14.0 Å². The minimum absolute atomic E-state index is 0.00333. The van der Waals surface area contributed by atoms with E-state index in [0.29, 0.717) is 5.56 Å². The number of hydrogen-bond acceptors (Lipinski definition) is 3. The highest BCUT2D eigenvalue weighted by Crippen LogP contribution is 2.16. The summed E-state index contributed by atoms with van der Waals surface area (Å²) in [6, 6.07) is 13.0. The van der Waals surface area contributed by atoms with Crippen molar-refractivity contribution >= 4 is 17.9 Å². The highest BCUT2D eigenvalue weighted by Gasteiger charge is 2.09. The topological polar surface area (TPSA) is 87.7 Å². The average Bonchev–Trinajstić information content (AvgIpc) is 2.54. The predicted molar refractivity (Wildman–Crippen MR) is 81.5 cm³/mol. The molecule has 23 heavy (non-hydrogen) atoms. The van der Waals surface area contributed by atoms with Gasteiger partial charge in [0.25, 0.3) is 0 Å². The van der Waals surface area contributed by atoms with Gasteiger partial charge in [-0.05, 0) is 23.3 Å². The molecule has 120 valence electrons. The lowest BCUT2D eigenvalue weighted by molar-refractivity contribution is 0.155. The Labute approximate surface area is 131 Å². The van der Waals surface area contributed by atoms with Gasteiger partial charge in [-0.3, -0.25) is 5.32 Å². The molecule has 0 aliphatic carbocycles. The quantitative estimate of drug-likeness (QED) is 0.789. The van der Waals surface area contributed by atoms with Crippen LogP contribution in [0.15, 0.2) is 48.5 Å². The number of nitrogens with one attached hydrogen (secondary N) is 2. The van der Waals surface area contributed by atoms with Crippen LogP contribution in [0.1, 0.15) is 11.1 Å². The third-order valence-corrected chi connectivity index (χ3v) is 2.92. The van der Waals surface area contributed by atoms with Gasteiger partial charge in [0.2, 0.25) is 0 Å². The Kier molecular flexibility index (Phi) is 5.51. The fourth-order valence-corrected chi connectivity index (χ4v) is 1.83. The molecule has 6 nitrogen and oxygen atoms in total. The molecular weight excluding hydrogens is 303 g/mol. The van der Waals surface area contributed by atoms with Gasteiger partial charge in [0.15, 0.2) is 0 Å². The molecule has 0 spiro atoms. The van der Waals surface area contributed by atoms with Gasteiger partial charge in [-0.2, -0.15) is 0 Å². The van der Waals surface area contributed by atoms with E-state index in [1.165, 1.54) is 12.1 Å². The average molecular weight is 318 g/mol. The Bertz CT molecular complexity index is 692. The summed E-state index contributed by atoms with van der Waals surface area (Å²) in [7, 11) is 0. The highest BCUT2D eigenvalue weighted by atomic mass is 19.1. The molecule has 0 atom stereocenters. The second kappa shape index (κ2) is 7.79. The third kappa shape index (κ3) is 5.31. The Morgan fingerprint density at radius 2 is 1.83 bits per heavy atom. The largest absolute Gasteiger partial charge is 0.465 e. The zero-order valence-electron chi connectivity index (χ0n) is 12.1. The van der Waals surface area contributed by atoms with Crippen LogP contribution >= 0.6 is 0 Å². The molecule has 0 saturated carbocycles. The zero-order chi connectivity index (χ0) is 16.7. The molecule has 0 fully saturated rings. The van der Waals surface area contributed by atoms with E-state index < -0.39 is 18.0 Å². The first-order chi connectivity index (χ1) is 11.0. The molecule has 0 radical (unpaired) electrons. The molecule has 0 aliphatic rings. The summed E-state index contributed by atoms with van der Waals surface area (Å²) in [5.41, 5.74) is 1.24. The standard InChI is InChI=1S/C16H15FN2O4/c17-13-7-6-12(9-18-15(20)21)8-14(13)19-16(22)23-10-11-4-2-1-3-5-11/h1-8,18H,9-10H2,(H,19,22)(H,20,21). The molecule has 0 saturated heterocycles. The molecule has 0 aromatic heterocycles. The number of carbonyl (C=O) groups is 2. The molecule has 0 unspecified atom stereocenters. The van der Waals surface area contributed by atoms with Crippen LogP contribution in [0.2, 0.25) is 0 Å². The van der Waals surface area contributed by atoms with Crippen LogP contribution in [0.25, 0.3) is 0 Å². The van der Waals surface area contributed by atoms with E-state index in [1.54, 1.807) is 12.1 Å². The van der Waals surface area contributed by atoms with E-state index in [-0.39, 0.29) is 18.8 Å². The van der Waals surface area contributed by atoms with Gasteiger partial charge in [0.05, 0.1) is 5.69 Å². The normalized spacial score (nSPS) is 9.96. The van der Waals surface area contributed by atoms with Crippen molar-refractivity contribution in [2.24, 2.45) is 0 Å². The van der Waals surface area contributed by atoms with E-state index in [1.807, 2.05) is 18.2 Å². The summed E-state index contributed by atoms with van der Waals surface area (Å²) in [6.07, 6.45) is -1.98. The summed E-state index contributed by atoms with van der Waals surface area (Å²) < 4.78 is 18.7. The van der Waals surface area contributed by atoms with Crippen molar-refractivity contribution in [3.63, 3.8) is 0 Å². The van der Waals surface area contributed by atoms with Crippen molar-refractivity contribution in [3.8, 4) is 0 Å². The molecule has 2 rings (SSSR count). The van der Waals surface area contributed by atoms with Crippen LogP contribution in [0.4, 0.5) is 19.7 Å². The maximum Gasteiger partial charge on any atom is 0.412 e. The number of hydrogen-bond donors (Lipinski definition) is 3. The Hall–Kier alpha value is -3.09. The van der Waals surface area contributed by atoms with E-state index >= 15 is 0 Å². The van der Waals surface area contributed by atoms with Gasteiger partial charge in [-0.15, -0.1) is 0 Å². The van der Waals surface area contributed by atoms with Crippen LogP contribution in [-0.4, -0.2) is 17.3 Å². The van der Waals surface area contributed by atoms with E-state index in [0.717, 1.165) is 11.6 Å². The second-order valence-corrected chi connectivity index (χ2v) is 4.66. The number of benzene rings is 2. The van der Waals surface area contributed by atoms with Crippen LogP contribution < -0.4 is 10.6 Å². The second-order valence-electron chi connectivity index (χ2n) is 4.66. The highest BCUT2D eigenvalue weighted by molar-refractivity contribution is 5.84. The van der Waals surface area contributed by atoms with E-state index in [2.05, 4.69) is 10.6 Å². The summed E-state index contributed by atoms with van der Waals surface area (Å²) in [5, 5.41) is 13.0. The predicted octanol–water partition coefficient (Wildman–Crippen LogP) is 3.34. The third-order valence-electron chi connectivity index (χ3n) is 2.92. The van der Waals surface area contributed by atoms with Crippen LogP contribution in [0, 0.1) is 5.82 Å². The number of ether oxygens (including phenoxy) is 1. The number of amides is 2. The lowest BCUT2D eigenvalue weighted by Crippen LogP contribution is -2.20. The fourth-order valence-electron chi connectivity index (χ4n) is 1.83. The molecule has 3 N–H and O–H groups in total. The number of carboxylic acid groups (broad SMARTS) is 1. The Morgan fingerprint density at radius 3 is 2.52 bits per heavy atom. The lowest BCUT2D eigenvalue weighted by atomic mass is 10.2. The van der Waals surface area contributed by atoms with Crippen LogP contribution in [0.3, 0.4) is 0 Å². The maximum atomic E-state index is 13.7. The summed E-state index contributed by atoms with van der Waals surface area (Å²) >= 11 is 0. The molecule has 0 aliphatic heterocycles. The van der Waals surface area contributed by atoms with Gasteiger partial charge in [-0.1, -0.05) is 36.4 Å². The molecule has 0 bridgehead atoms. The maximum absolute atomic E-state index is 13.7. The van der Waals surface area contributed by atoms with Crippen molar-refractivity contribution in [3.05, 3.63) is 65.5 Å².